The van der Waals surface area contributed by atoms with Crippen molar-refractivity contribution in [2.24, 2.45) is 5.92 Å². The van der Waals surface area contributed by atoms with Gasteiger partial charge in [0, 0.05) is 38.4 Å². The molecule has 2 N–H and O–H groups in total. The highest BCUT2D eigenvalue weighted by atomic mass is 16.5. The summed E-state index contributed by atoms with van der Waals surface area (Å²) in [4.78, 5) is 27.8. The van der Waals surface area contributed by atoms with Crippen molar-refractivity contribution >= 4 is 17.7 Å². The molecule has 1 fully saturated rings. The van der Waals surface area contributed by atoms with E-state index in [1.165, 1.54) is 0 Å². The summed E-state index contributed by atoms with van der Waals surface area (Å²) < 4.78 is 5.09. The molecule has 1 aliphatic rings. The lowest BCUT2D eigenvalue weighted by atomic mass is 10.2. The van der Waals surface area contributed by atoms with E-state index in [0.29, 0.717) is 38.6 Å². The number of benzene rings is 1. The summed E-state index contributed by atoms with van der Waals surface area (Å²) in [6, 6.07) is 6.99. The quantitative estimate of drug-likeness (QED) is 0.886. The molecular formula is C17H26N4O3. The molecular weight excluding hydrogens is 308 g/mol. The summed E-state index contributed by atoms with van der Waals surface area (Å²) in [5.74, 6) is 1.17. The predicted octanol–water partition coefficient (Wildman–Crippen LogP) is 2.21. The van der Waals surface area contributed by atoms with Crippen LogP contribution in [0.15, 0.2) is 24.3 Å². The Morgan fingerprint density at radius 1 is 1.04 bits per heavy atom. The van der Waals surface area contributed by atoms with Crippen LogP contribution in [0.5, 0.6) is 5.75 Å². The number of rotatable bonds is 4. The summed E-state index contributed by atoms with van der Waals surface area (Å²) in [6.07, 6.45) is 0. The molecule has 0 saturated carbocycles. The first-order valence-corrected chi connectivity index (χ1v) is 8.22. The highest BCUT2D eigenvalue weighted by molar-refractivity contribution is 5.89. The Kier molecular flexibility index (Phi) is 6.28. The number of hydrogen-bond donors (Lipinski definition) is 2. The SMILES string of the molecule is COc1ccc(NC(=O)N2CCN(C(=O)NCC(C)C)CC2)cc1. The highest BCUT2D eigenvalue weighted by Gasteiger charge is 2.24. The number of nitrogens with zero attached hydrogens (tertiary/aromatic N) is 2. The molecule has 0 spiro atoms. The second-order valence-electron chi connectivity index (χ2n) is 6.21. The number of carbonyl (C=O) groups is 2. The second-order valence-corrected chi connectivity index (χ2v) is 6.21. The Bertz CT molecular complexity index is 551. The zero-order valence-electron chi connectivity index (χ0n) is 14.5. The van der Waals surface area contributed by atoms with Crippen LogP contribution in [-0.2, 0) is 0 Å². The van der Waals surface area contributed by atoms with Crippen LogP contribution in [-0.4, -0.2) is 61.7 Å². The van der Waals surface area contributed by atoms with Gasteiger partial charge in [-0.3, -0.25) is 0 Å². The summed E-state index contributed by atoms with van der Waals surface area (Å²) in [6.45, 7) is 6.91. The van der Waals surface area contributed by atoms with E-state index in [1.807, 2.05) is 0 Å². The van der Waals surface area contributed by atoms with E-state index in [4.69, 9.17) is 4.74 Å². The van der Waals surface area contributed by atoms with Gasteiger partial charge in [-0.2, -0.15) is 0 Å². The first-order chi connectivity index (χ1) is 11.5. The molecule has 1 saturated heterocycles. The molecule has 0 atom stereocenters. The highest BCUT2D eigenvalue weighted by Crippen LogP contribution is 2.15. The Morgan fingerprint density at radius 3 is 2.08 bits per heavy atom. The Morgan fingerprint density at radius 2 is 1.58 bits per heavy atom. The zero-order valence-corrected chi connectivity index (χ0v) is 14.5. The Balaban J connectivity index is 1.78. The van der Waals surface area contributed by atoms with Gasteiger partial charge in [0.1, 0.15) is 5.75 Å². The van der Waals surface area contributed by atoms with Gasteiger partial charge in [-0.25, -0.2) is 9.59 Å². The molecule has 0 aromatic heterocycles. The molecule has 132 valence electrons. The number of ether oxygens (including phenoxy) is 1. The van der Waals surface area contributed by atoms with E-state index in [1.54, 1.807) is 41.2 Å². The van der Waals surface area contributed by atoms with Crippen molar-refractivity contribution in [3.05, 3.63) is 24.3 Å². The first-order valence-electron chi connectivity index (χ1n) is 8.22. The summed E-state index contributed by atoms with van der Waals surface area (Å²) in [5.41, 5.74) is 0.720. The van der Waals surface area contributed by atoms with E-state index in [9.17, 15) is 9.59 Å². The largest absolute Gasteiger partial charge is 0.497 e. The number of methoxy groups -OCH3 is 1. The van der Waals surface area contributed by atoms with Crippen LogP contribution in [0.3, 0.4) is 0 Å². The van der Waals surface area contributed by atoms with Crippen molar-refractivity contribution < 1.29 is 14.3 Å². The molecule has 7 heteroatoms. The van der Waals surface area contributed by atoms with Gasteiger partial charge in [0.05, 0.1) is 7.11 Å². The number of piperazine rings is 1. The molecule has 0 unspecified atom stereocenters. The van der Waals surface area contributed by atoms with Crippen LogP contribution >= 0.6 is 0 Å². The van der Waals surface area contributed by atoms with Gasteiger partial charge in [0.25, 0.3) is 0 Å². The van der Waals surface area contributed by atoms with Crippen LogP contribution in [0.1, 0.15) is 13.8 Å². The number of amides is 4. The van der Waals surface area contributed by atoms with E-state index < -0.39 is 0 Å². The van der Waals surface area contributed by atoms with Crippen LogP contribution in [0.4, 0.5) is 15.3 Å². The van der Waals surface area contributed by atoms with Gasteiger partial charge < -0.3 is 25.2 Å². The Hall–Kier alpha value is -2.44. The predicted molar refractivity (Wildman–Crippen MR) is 93.4 cm³/mol. The van der Waals surface area contributed by atoms with E-state index in [0.717, 1.165) is 11.4 Å². The van der Waals surface area contributed by atoms with Crippen molar-refractivity contribution in [2.45, 2.75) is 13.8 Å². The average Bonchev–Trinajstić information content (AvgIpc) is 2.60. The number of hydrogen-bond acceptors (Lipinski definition) is 3. The van der Waals surface area contributed by atoms with Crippen molar-refractivity contribution in [1.29, 1.82) is 0 Å². The van der Waals surface area contributed by atoms with Gasteiger partial charge in [0.15, 0.2) is 0 Å². The monoisotopic (exact) mass is 334 g/mol. The normalized spacial score (nSPS) is 14.5. The molecule has 1 aromatic carbocycles. The maximum atomic E-state index is 12.3. The zero-order chi connectivity index (χ0) is 17.5. The maximum absolute atomic E-state index is 12.3. The average molecular weight is 334 g/mol. The van der Waals surface area contributed by atoms with Crippen LogP contribution in [0.2, 0.25) is 0 Å². The number of anilines is 1. The lowest BCUT2D eigenvalue weighted by Gasteiger charge is -2.34. The maximum Gasteiger partial charge on any atom is 0.321 e. The number of carbonyl (C=O) groups excluding carboxylic acids is 2. The van der Waals surface area contributed by atoms with Crippen molar-refractivity contribution in [3.63, 3.8) is 0 Å². The summed E-state index contributed by atoms with van der Waals surface area (Å²) in [5, 5.41) is 5.76. The van der Waals surface area contributed by atoms with Crippen LogP contribution in [0.25, 0.3) is 0 Å². The molecule has 2 rings (SSSR count). The smallest absolute Gasteiger partial charge is 0.321 e. The van der Waals surface area contributed by atoms with E-state index in [2.05, 4.69) is 24.5 Å². The van der Waals surface area contributed by atoms with Gasteiger partial charge >= 0.3 is 12.1 Å². The number of urea groups is 2. The van der Waals surface area contributed by atoms with E-state index >= 15 is 0 Å². The third kappa shape index (κ3) is 5.04. The molecule has 7 nitrogen and oxygen atoms in total. The van der Waals surface area contributed by atoms with Gasteiger partial charge in [-0.15, -0.1) is 0 Å². The Labute approximate surface area is 142 Å². The molecule has 4 amide bonds. The third-order valence-corrected chi connectivity index (χ3v) is 3.86. The lowest BCUT2D eigenvalue weighted by Crippen LogP contribution is -2.54. The second kappa shape index (κ2) is 8.42. The topological polar surface area (TPSA) is 73.9 Å². The lowest BCUT2D eigenvalue weighted by molar-refractivity contribution is 0.148. The van der Waals surface area contributed by atoms with Gasteiger partial charge in [0.2, 0.25) is 0 Å². The summed E-state index contributed by atoms with van der Waals surface area (Å²) >= 11 is 0. The van der Waals surface area contributed by atoms with Crippen LogP contribution < -0.4 is 15.4 Å². The molecule has 0 radical (unpaired) electrons. The number of nitrogens with one attached hydrogen (secondary N) is 2. The van der Waals surface area contributed by atoms with Crippen LogP contribution in [0, 0.1) is 5.92 Å². The summed E-state index contributed by atoms with van der Waals surface area (Å²) in [7, 11) is 1.60. The molecule has 1 heterocycles. The molecule has 0 bridgehead atoms. The molecule has 1 aromatic rings. The minimum absolute atomic E-state index is 0.0566. The first kappa shape index (κ1) is 17.9. The van der Waals surface area contributed by atoms with Gasteiger partial charge in [-0.05, 0) is 30.2 Å². The third-order valence-electron chi connectivity index (χ3n) is 3.86. The molecule has 24 heavy (non-hydrogen) atoms. The van der Waals surface area contributed by atoms with Crippen molar-refractivity contribution in [3.8, 4) is 5.75 Å². The minimum Gasteiger partial charge on any atom is -0.497 e. The fraction of sp³-hybridized carbons (Fsp3) is 0.529. The van der Waals surface area contributed by atoms with E-state index in [-0.39, 0.29) is 12.1 Å². The fourth-order valence-electron chi connectivity index (χ4n) is 2.39. The fourth-order valence-corrected chi connectivity index (χ4v) is 2.39. The molecule has 0 aliphatic carbocycles. The van der Waals surface area contributed by atoms with Gasteiger partial charge in [-0.1, -0.05) is 13.8 Å². The van der Waals surface area contributed by atoms with Crippen molar-refractivity contribution in [2.75, 3.05) is 45.2 Å². The van der Waals surface area contributed by atoms with Crippen molar-refractivity contribution in [1.82, 2.24) is 15.1 Å². The molecule has 1 aliphatic heterocycles. The minimum atomic E-state index is -0.151. The standard InChI is InChI=1S/C17H26N4O3/c1-13(2)12-18-16(22)20-8-10-21(11-9-20)17(23)19-14-4-6-15(24-3)7-5-14/h4-7,13H,8-12H2,1-3H3,(H,18,22)(H,19,23).